The maximum absolute atomic E-state index is 6.59. The normalized spacial score (nSPS) is 11.7. The van der Waals surface area contributed by atoms with Gasteiger partial charge in [-0.2, -0.15) is 0 Å². The van der Waals surface area contributed by atoms with Crippen LogP contribution in [0.25, 0.3) is 81.1 Å². The highest BCUT2D eigenvalue weighted by molar-refractivity contribution is 7.26. The van der Waals surface area contributed by atoms with Gasteiger partial charge in [0.05, 0.1) is 11.2 Å². The largest absolute Gasteiger partial charge is 0.454 e. The van der Waals surface area contributed by atoms with E-state index in [-0.39, 0.29) is 0 Å². The summed E-state index contributed by atoms with van der Waals surface area (Å²) in [6.07, 6.45) is 0. The van der Waals surface area contributed by atoms with Crippen LogP contribution in [-0.2, 0) is 0 Å². The first kappa shape index (κ1) is 30.7. The second kappa shape index (κ2) is 12.4. The molecular formula is C50H32N2OS. The highest BCUT2D eigenvalue weighted by Gasteiger charge is 2.22. The summed E-state index contributed by atoms with van der Waals surface area (Å²) in [6, 6.07) is 69.4. The van der Waals surface area contributed by atoms with Crippen LogP contribution in [0.3, 0.4) is 0 Å². The molecule has 0 unspecified atom stereocenters. The second-order valence-electron chi connectivity index (χ2n) is 13.7. The first-order valence-corrected chi connectivity index (χ1v) is 19.1. The predicted octanol–water partition coefficient (Wildman–Crippen LogP) is 14.7. The van der Waals surface area contributed by atoms with Gasteiger partial charge in [0.1, 0.15) is 10.4 Å². The smallest absolute Gasteiger partial charge is 0.159 e. The molecule has 0 N–H and O–H groups in total. The fraction of sp³-hybridized carbons (Fsp3) is 0. The lowest BCUT2D eigenvalue weighted by atomic mass is 10.0. The van der Waals surface area contributed by atoms with E-state index in [1.807, 2.05) is 23.5 Å². The molecule has 11 aromatic rings. The lowest BCUT2D eigenvalue weighted by molar-refractivity contribution is 0.669. The van der Waals surface area contributed by atoms with Crippen molar-refractivity contribution < 1.29 is 4.42 Å². The Balaban J connectivity index is 1.06. The Morgan fingerprint density at radius 2 is 1.04 bits per heavy atom. The third-order valence-electron chi connectivity index (χ3n) is 10.6. The number of thiophene rings is 1. The molecule has 3 aromatic heterocycles. The molecule has 254 valence electrons. The third-order valence-corrected chi connectivity index (χ3v) is 11.8. The van der Waals surface area contributed by atoms with E-state index in [0.717, 1.165) is 39.0 Å². The van der Waals surface area contributed by atoms with Crippen molar-refractivity contribution in [2.75, 3.05) is 4.90 Å². The van der Waals surface area contributed by atoms with Crippen molar-refractivity contribution in [1.82, 2.24) is 4.57 Å². The average molecular weight is 709 g/mol. The Bertz CT molecular complexity index is 3140. The molecule has 0 spiro atoms. The molecular weight excluding hydrogens is 677 g/mol. The van der Waals surface area contributed by atoms with Crippen molar-refractivity contribution in [3.05, 3.63) is 194 Å². The first-order valence-electron chi connectivity index (χ1n) is 18.3. The van der Waals surface area contributed by atoms with Crippen LogP contribution in [0, 0.1) is 0 Å². The van der Waals surface area contributed by atoms with Crippen molar-refractivity contribution in [3.8, 4) is 27.9 Å². The molecule has 11 rings (SSSR count). The average Bonchev–Trinajstić information content (AvgIpc) is 3.92. The van der Waals surface area contributed by atoms with Gasteiger partial charge in [-0.15, -0.1) is 11.3 Å². The molecule has 0 bridgehead atoms. The lowest BCUT2D eigenvalue weighted by Gasteiger charge is -2.26. The standard InChI is InChI=1S/C50H32N2OS/c1-3-13-33(14-4-1)34-25-29-37(30-26-34)51(45-23-12-20-41-40-17-8-10-24-46(40)53-48(41)45)38-31-27-35(28-32-38)39-19-11-21-43-47-42-18-7-9-22-44(42)52(50(47)54-49(39)43)36-15-5-2-6-16-36/h1-32H. The topological polar surface area (TPSA) is 21.3 Å². The van der Waals surface area contributed by atoms with Crippen LogP contribution in [0.1, 0.15) is 0 Å². The van der Waals surface area contributed by atoms with E-state index < -0.39 is 0 Å². The van der Waals surface area contributed by atoms with Gasteiger partial charge in [0.2, 0.25) is 0 Å². The summed E-state index contributed by atoms with van der Waals surface area (Å²) in [5, 5.41) is 6.11. The molecule has 0 saturated heterocycles. The van der Waals surface area contributed by atoms with Crippen LogP contribution in [0.2, 0.25) is 0 Å². The van der Waals surface area contributed by atoms with Crippen LogP contribution in [-0.4, -0.2) is 4.57 Å². The number of fused-ring (bicyclic) bond motifs is 8. The van der Waals surface area contributed by atoms with Gasteiger partial charge < -0.3 is 13.9 Å². The molecule has 0 saturated carbocycles. The van der Waals surface area contributed by atoms with E-state index in [0.29, 0.717) is 0 Å². The quantitative estimate of drug-likeness (QED) is 0.171. The van der Waals surface area contributed by atoms with Crippen LogP contribution in [0.15, 0.2) is 199 Å². The van der Waals surface area contributed by atoms with Crippen molar-refractivity contribution in [3.63, 3.8) is 0 Å². The van der Waals surface area contributed by atoms with Crippen molar-refractivity contribution in [2.24, 2.45) is 0 Å². The highest BCUT2D eigenvalue weighted by atomic mass is 32.1. The minimum atomic E-state index is 0.871. The van der Waals surface area contributed by atoms with Gasteiger partial charge in [-0.3, -0.25) is 0 Å². The SMILES string of the molecule is c1ccc(-c2ccc(N(c3ccc(-c4cccc5c4sc4c5c5ccccc5n4-c4ccccc4)cc3)c3cccc4c3oc3ccccc34)cc2)cc1. The summed E-state index contributed by atoms with van der Waals surface area (Å²) in [6.45, 7) is 0. The zero-order valence-electron chi connectivity index (χ0n) is 29.2. The van der Waals surface area contributed by atoms with Gasteiger partial charge in [-0.1, -0.05) is 140 Å². The van der Waals surface area contributed by atoms with E-state index in [4.69, 9.17) is 4.42 Å². The summed E-state index contributed by atoms with van der Waals surface area (Å²) in [5.41, 5.74) is 12.1. The number of furan rings is 1. The van der Waals surface area contributed by atoms with Gasteiger partial charge in [-0.25, -0.2) is 0 Å². The predicted molar refractivity (Wildman–Crippen MR) is 229 cm³/mol. The van der Waals surface area contributed by atoms with E-state index >= 15 is 0 Å². The minimum Gasteiger partial charge on any atom is -0.454 e. The van der Waals surface area contributed by atoms with Crippen molar-refractivity contribution in [2.45, 2.75) is 0 Å². The molecule has 3 nitrogen and oxygen atoms in total. The Morgan fingerprint density at radius 1 is 0.444 bits per heavy atom. The molecule has 8 aromatic carbocycles. The van der Waals surface area contributed by atoms with Gasteiger partial charge >= 0.3 is 0 Å². The number of rotatable bonds is 6. The third kappa shape index (κ3) is 4.81. The van der Waals surface area contributed by atoms with E-state index in [2.05, 4.69) is 191 Å². The molecule has 4 heteroatoms. The van der Waals surface area contributed by atoms with Crippen LogP contribution in [0.4, 0.5) is 17.1 Å². The number of nitrogens with zero attached hydrogens (tertiary/aromatic N) is 2. The fourth-order valence-electron chi connectivity index (χ4n) is 8.13. The maximum atomic E-state index is 6.59. The Morgan fingerprint density at radius 3 is 1.81 bits per heavy atom. The Kier molecular flexibility index (Phi) is 7.04. The molecule has 0 aliphatic heterocycles. The molecule has 0 atom stereocenters. The van der Waals surface area contributed by atoms with Crippen LogP contribution < -0.4 is 4.90 Å². The molecule has 0 fully saturated rings. The number of aromatic nitrogens is 1. The van der Waals surface area contributed by atoms with Gasteiger partial charge in [0.15, 0.2) is 5.58 Å². The van der Waals surface area contributed by atoms with Gasteiger partial charge in [-0.05, 0) is 76.9 Å². The fourth-order valence-corrected chi connectivity index (χ4v) is 9.52. The molecule has 0 amide bonds. The number of hydrogen-bond acceptors (Lipinski definition) is 3. The van der Waals surface area contributed by atoms with E-state index in [1.54, 1.807) is 0 Å². The monoisotopic (exact) mass is 708 g/mol. The van der Waals surface area contributed by atoms with E-state index in [1.165, 1.54) is 59.1 Å². The Hall–Kier alpha value is -6.88. The summed E-state index contributed by atoms with van der Waals surface area (Å²) < 4.78 is 10.3. The first-order chi connectivity index (χ1) is 26.8. The molecule has 3 heterocycles. The van der Waals surface area contributed by atoms with E-state index in [9.17, 15) is 0 Å². The summed E-state index contributed by atoms with van der Waals surface area (Å²) in [5.74, 6) is 0. The van der Waals surface area contributed by atoms with Gasteiger partial charge in [0, 0.05) is 48.7 Å². The van der Waals surface area contributed by atoms with Crippen LogP contribution >= 0.6 is 11.3 Å². The summed E-state index contributed by atoms with van der Waals surface area (Å²) in [7, 11) is 0. The summed E-state index contributed by atoms with van der Waals surface area (Å²) >= 11 is 1.88. The van der Waals surface area contributed by atoms with Crippen molar-refractivity contribution in [1.29, 1.82) is 0 Å². The Labute approximate surface area is 316 Å². The lowest BCUT2D eigenvalue weighted by Crippen LogP contribution is -2.10. The molecule has 0 aliphatic carbocycles. The molecule has 0 aliphatic rings. The minimum absolute atomic E-state index is 0.871. The number of benzene rings is 8. The van der Waals surface area contributed by atoms with Gasteiger partial charge in [0.25, 0.3) is 0 Å². The second-order valence-corrected chi connectivity index (χ2v) is 14.7. The number of para-hydroxylation sites is 4. The zero-order valence-corrected chi connectivity index (χ0v) is 30.0. The summed E-state index contributed by atoms with van der Waals surface area (Å²) in [4.78, 5) is 3.59. The highest BCUT2D eigenvalue weighted by Crippen LogP contribution is 2.47. The molecule has 0 radical (unpaired) electrons. The molecule has 54 heavy (non-hydrogen) atoms. The maximum Gasteiger partial charge on any atom is 0.159 e. The zero-order chi connectivity index (χ0) is 35.6. The number of anilines is 3. The van der Waals surface area contributed by atoms with Crippen LogP contribution in [0.5, 0.6) is 0 Å². The van der Waals surface area contributed by atoms with Crippen molar-refractivity contribution >= 4 is 81.5 Å². The number of hydrogen-bond donors (Lipinski definition) is 0.